The van der Waals surface area contributed by atoms with Crippen molar-refractivity contribution in [1.29, 1.82) is 0 Å². The van der Waals surface area contributed by atoms with Crippen LogP contribution < -0.4 is 0 Å². The first-order valence-electron chi connectivity index (χ1n) is 2.44. The molecule has 0 aromatic heterocycles. The average Bonchev–Trinajstić information content (AvgIpc) is 1.12. The van der Waals surface area contributed by atoms with Crippen molar-refractivity contribution in [3.8, 4) is 0 Å². The van der Waals surface area contributed by atoms with E-state index in [2.05, 4.69) is 0 Å². The molecule has 0 amide bonds. The second kappa shape index (κ2) is 5.52. The topological polar surface area (TPSA) is 0 Å². The number of rotatable bonds is 0. The van der Waals surface area contributed by atoms with Crippen LogP contribution in [0.3, 0.4) is 0 Å². The smallest absolute Gasteiger partial charge is 0.146 e. The summed E-state index contributed by atoms with van der Waals surface area (Å²) < 4.78 is 0. The maximum Gasteiger partial charge on any atom is 0.338 e. The molecule has 0 heterocycles. The fraction of sp³-hybridized carbons (Fsp3) is 1.00. The zero-order valence-corrected chi connectivity index (χ0v) is 11.7. The molecule has 0 bridgehead atoms. The number of halogens is 5. The molecule has 7 heteroatoms. The van der Waals surface area contributed by atoms with E-state index in [-0.39, 0.29) is 0 Å². The average molecular weight is 279 g/mol. The van der Waals surface area contributed by atoms with Crippen molar-refractivity contribution < 1.29 is 0 Å². The third kappa shape index (κ3) is 220. The minimum absolute atomic E-state index is 1.62. The van der Waals surface area contributed by atoms with Crippen LogP contribution in [0.1, 0.15) is 0 Å². The Bertz CT molecular complexity index is 57.9. The van der Waals surface area contributed by atoms with E-state index in [4.69, 9.17) is 55.4 Å². The first kappa shape index (κ1) is 14.4. The van der Waals surface area contributed by atoms with Crippen LogP contribution in [-0.2, 0) is 0 Å². The molecule has 0 rings (SSSR count). The standard InChI is InChI=1S/C2H6Cl2Si.CH3Cl3Si/c2*1-5(2,3)4/h1-2H3;1H3. The maximum atomic E-state index is 5.43. The van der Waals surface area contributed by atoms with Gasteiger partial charge in [0.05, 0.1) is 0 Å². The van der Waals surface area contributed by atoms with Gasteiger partial charge in [-0.15, -0.1) is 55.4 Å². The monoisotopic (exact) mass is 276 g/mol. The van der Waals surface area contributed by atoms with E-state index in [1.54, 1.807) is 6.55 Å². The highest BCUT2D eigenvalue weighted by molar-refractivity contribution is 7.64. The Morgan fingerprint density at radius 3 is 0.700 bits per heavy atom. The number of hydrogen-bond acceptors (Lipinski definition) is 0. The zero-order chi connectivity index (χ0) is 9.00. The molecule has 0 unspecified atom stereocenters. The molecule has 0 aromatic rings. The largest absolute Gasteiger partial charge is 0.338 e. The van der Waals surface area contributed by atoms with E-state index in [1.165, 1.54) is 0 Å². The lowest BCUT2D eigenvalue weighted by atomic mass is 11.9. The predicted molar refractivity (Wildman–Crippen MR) is 58.4 cm³/mol. The van der Waals surface area contributed by atoms with Gasteiger partial charge in [0, 0.05) is 0 Å². The summed E-state index contributed by atoms with van der Waals surface area (Å²) in [6, 6.07) is -2.19. The van der Waals surface area contributed by atoms with Gasteiger partial charge in [-0.3, -0.25) is 0 Å². The van der Waals surface area contributed by atoms with Gasteiger partial charge in [-0.05, 0) is 19.6 Å². The van der Waals surface area contributed by atoms with Gasteiger partial charge in [0.15, 0.2) is 0 Å². The summed E-state index contributed by atoms with van der Waals surface area (Å²) >= 11 is 26.5. The lowest BCUT2D eigenvalue weighted by Gasteiger charge is -1.93. The Labute approximate surface area is 87.3 Å². The Kier molecular flexibility index (Phi) is 7.95. The molecule has 0 atom stereocenters. The minimum atomic E-state index is -2.19. The molecule has 0 aliphatic carbocycles. The Hall–Kier alpha value is 1.88. The van der Waals surface area contributed by atoms with Crippen LogP contribution in [0.15, 0.2) is 0 Å². The fourth-order valence-corrected chi connectivity index (χ4v) is 0. The molecular formula is C3H9Cl5Si2. The predicted octanol–water partition coefficient (Wildman–Crippen LogP) is 4.44. The molecule has 0 aliphatic rings. The molecule has 0 radical (unpaired) electrons. The molecule has 0 aliphatic heterocycles. The van der Waals surface area contributed by atoms with Crippen molar-refractivity contribution in [1.82, 2.24) is 0 Å². The van der Waals surface area contributed by atoms with Crippen LogP contribution in [0.5, 0.6) is 0 Å². The molecule has 0 fully saturated rings. The first-order chi connectivity index (χ1) is 4.00. The molecule has 0 aromatic carbocycles. The van der Waals surface area contributed by atoms with E-state index < -0.39 is 12.7 Å². The fourth-order valence-electron chi connectivity index (χ4n) is 0. The van der Waals surface area contributed by atoms with Crippen molar-refractivity contribution in [2.45, 2.75) is 19.6 Å². The summed E-state index contributed by atoms with van der Waals surface area (Å²) in [6.45, 7) is 3.67. The Morgan fingerprint density at radius 1 is 0.700 bits per heavy atom. The van der Waals surface area contributed by atoms with Crippen molar-refractivity contribution >= 4 is 68.1 Å². The maximum absolute atomic E-state index is 5.43. The molecule has 10 heavy (non-hydrogen) atoms. The zero-order valence-electron chi connectivity index (χ0n) is 5.89. The van der Waals surface area contributed by atoms with E-state index in [1.807, 2.05) is 13.1 Å². The summed E-state index contributed by atoms with van der Waals surface area (Å²) in [4.78, 5) is 0. The Balaban J connectivity index is 0. The van der Waals surface area contributed by atoms with Gasteiger partial charge in [0.25, 0.3) is 0 Å². The van der Waals surface area contributed by atoms with Crippen LogP contribution >= 0.6 is 55.4 Å². The van der Waals surface area contributed by atoms with Crippen molar-refractivity contribution in [2.75, 3.05) is 0 Å². The van der Waals surface area contributed by atoms with Gasteiger partial charge in [-0.1, -0.05) is 0 Å². The SMILES string of the molecule is C[Si](C)(Cl)Cl.C[Si](Cl)(Cl)Cl. The van der Waals surface area contributed by atoms with Gasteiger partial charge < -0.3 is 0 Å². The first-order valence-corrected chi connectivity index (χ1v) is 13.0. The molecule has 64 valence electrons. The van der Waals surface area contributed by atoms with Crippen LogP contribution in [-0.4, -0.2) is 12.7 Å². The second-order valence-corrected chi connectivity index (χ2v) is 21.1. The van der Waals surface area contributed by atoms with E-state index >= 15 is 0 Å². The lowest BCUT2D eigenvalue weighted by molar-refractivity contribution is 2.06. The highest BCUT2D eigenvalue weighted by atomic mass is 35.8. The van der Waals surface area contributed by atoms with Gasteiger partial charge in [-0.2, -0.15) is 0 Å². The van der Waals surface area contributed by atoms with Crippen molar-refractivity contribution in [2.24, 2.45) is 0 Å². The summed E-state index contributed by atoms with van der Waals surface area (Å²) in [5.74, 6) is 0. The van der Waals surface area contributed by atoms with Gasteiger partial charge in [0.2, 0.25) is 6.69 Å². The third-order valence-corrected chi connectivity index (χ3v) is 0. The van der Waals surface area contributed by atoms with E-state index in [0.717, 1.165) is 0 Å². The summed E-state index contributed by atoms with van der Waals surface area (Å²) in [5, 5.41) is 0. The van der Waals surface area contributed by atoms with Gasteiger partial charge in [0.1, 0.15) is 0 Å². The molecule has 0 N–H and O–H groups in total. The second-order valence-electron chi connectivity index (χ2n) is 2.11. The van der Waals surface area contributed by atoms with Crippen molar-refractivity contribution in [3.63, 3.8) is 0 Å². The molecule has 0 saturated carbocycles. The summed E-state index contributed by atoms with van der Waals surface area (Å²) in [5.41, 5.74) is 0. The molecule has 0 nitrogen and oxygen atoms in total. The van der Waals surface area contributed by atoms with E-state index in [0.29, 0.717) is 0 Å². The quantitative estimate of drug-likeness (QED) is 0.454. The third-order valence-electron chi connectivity index (χ3n) is 0. The highest BCUT2D eigenvalue weighted by Crippen LogP contribution is 2.17. The summed E-state index contributed by atoms with van der Waals surface area (Å²) in [6.07, 6.45) is 0. The van der Waals surface area contributed by atoms with Gasteiger partial charge in [-0.25, -0.2) is 0 Å². The number of hydrogen-bond donors (Lipinski definition) is 0. The van der Waals surface area contributed by atoms with E-state index in [9.17, 15) is 0 Å². The molecular weight excluding hydrogens is 269 g/mol. The van der Waals surface area contributed by atoms with Crippen LogP contribution in [0.4, 0.5) is 0 Å². The summed E-state index contributed by atoms with van der Waals surface area (Å²) in [7, 11) is 0. The van der Waals surface area contributed by atoms with Crippen LogP contribution in [0.25, 0.3) is 0 Å². The lowest BCUT2D eigenvalue weighted by Crippen LogP contribution is -2.02. The normalized spacial score (nSPS) is 12.0. The van der Waals surface area contributed by atoms with Crippen molar-refractivity contribution in [3.05, 3.63) is 0 Å². The highest BCUT2D eigenvalue weighted by Gasteiger charge is 2.13. The minimum Gasteiger partial charge on any atom is -0.146 e. The van der Waals surface area contributed by atoms with Gasteiger partial charge >= 0.3 is 6.00 Å². The molecule has 0 saturated heterocycles. The Morgan fingerprint density at radius 2 is 0.700 bits per heavy atom. The van der Waals surface area contributed by atoms with Crippen LogP contribution in [0, 0.1) is 0 Å². The molecule has 0 spiro atoms. The van der Waals surface area contributed by atoms with Crippen LogP contribution in [0.2, 0.25) is 19.6 Å².